The third kappa shape index (κ3) is 28.1. The summed E-state index contributed by atoms with van der Waals surface area (Å²) in [5.41, 5.74) is 4.90. The first-order chi connectivity index (χ1) is 54.9. The molecule has 24 nitrogen and oxygen atoms in total. The van der Waals surface area contributed by atoms with E-state index in [-0.39, 0.29) is 67.6 Å². The van der Waals surface area contributed by atoms with Gasteiger partial charge in [-0.25, -0.2) is 15.0 Å². The average molecular weight is 1630 g/mol. The normalized spacial score (nSPS) is 11.1. The topological polar surface area (TPSA) is 277 Å². The van der Waals surface area contributed by atoms with Crippen molar-refractivity contribution >= 4 is 92.1 Å². The maximum absolute atomic E-state index is 13.8. The first-order valence-corrected chi connectivity index (χ1v) is 36.6. The lowest BCUT2D eigenvalue weighted by atomic mass is 10.1. The molecule has 3 amide bonds. The van der Waals surface area contributed by atoms with Gasteiger partial charge in [-0.2, -0.15) is 39.5 Å². The first-order valence-electron chi connectivity index (χ1n) is 36.2. The molecule has 0 saturated heterocycles. The molecule has 6 aromatic carbocycles. The van der Waals surface area contributed by atoms with E-state index in [9.17, 15) is 53.9 Å². The van der Waals surface area contributed by atoms with Gasteiger partial charge in [-0.05, 0) is 112 Å². The van der Waals surface area contributed by atoms with E-state index >= 15 is 0 Å². The standard InChI is InChI=1S/2C27H32F3N5O3.C14H11ClF3N3O.C13H21N2O2/c2*1-5-35(6-2)13-14-38-18-11-12-22(24(15-18)37-4)34-25-16-23(20(17-32-25)27(28,29)30)33-21-10-8-7-9-19(21)26(36)31-3;1-19-13(22)8-4-2-3-5-10(8)21-11-6-12(15)20-7-9(11)14(16,17)18;1-4-15(5-2)8-9-17-11-6-7-12(14)13(10-11)16-3/h2*7-12,15-17H,5-6,13-14H2,1-4H3,(H,31,36)(H2,32,33,34);2-7H,1H3,(H,19,22)(H,20,21);6-7,10H,1,4-5,8-9,14H2,2-3H3/q;;;+1. The summed E-state index contributed by atoms with van der Waals surface area (Å²) in [5, 5.41) is 21.4. The highest BCUT2D eigenvalue weighted by atomic mass is 35.5. The fourth-order valence-electron chi connectivity index (χ4n) is 10.8. The number of carbonyl (C=O) groups is 3. The van der Waals surface area contributed by atoms with Gasteiger partial charge in [0.25, 0.3) is 17.7 Å². The van der Waals surface area contributed by atoms with Gasteiger partial charge in [-0.1, -0.05) is 82.6 Å². The number of methoxy groups -OCH3 is 3. The number of benzene rings is 6. The molecule has 0 aliphatic heterocycles. The number of carbonyl (C=O) groups excluding carboxylic acids is 3. The smallest absolute Gasteiger partial charge is 0.419 e. The molecule has 0 spiro atoms. The Morgan fingerprint density at radius 1 is 0.409 bits per heavy atom. The number of ether oxygens (including phenoxy) is 6. The van der Waals surface area contributed by atoms with Crippen LogP contribution < -0.4 is 76.7 Å². The Hall–Kier alpha value is -11.8. The van der Waals surface area contributed by atoms with E-state index in [0.29, 0.717) is 71.8 Å². The van der Waals surface area contributed by atoms with Crippen LogP contribution in [-0.2, 0) is 18.5 Å². The van der Waals surface area contributed by atoms with E-state index in [1.165, 1.54) is 83.9 Å². The maximum atomic E-state index is 13.8. The number of nitrogens with zero attached hydrogens (tertiary/aromatic N) is 6. The van der Waals surface area contributed by atoms with Gasteiger partial charge in [0.15, 0.2) is 0 Å². The predicted molar refractivity (Wildman–Crippen MR) is 432 cm³/mol. The Balaban J connectivity index is 0.000000250. The minimum atomic E-state index is -4.67. The highest BCUT2D eigenvalue weighted by Gasteiger charge is 2.37. The molecule has 0 saturated carbocycles. The minimum absolute atomic E-state index is 0.0899. The van der Waals surface area contributed by atoms with E-state index in [0.717, 1.165) is 83.1 Å². The number of anilines is 11. The molecule has 9 rings (SSSR count). The Morgan fingerprint density at radius 3 is 1.04 bits per heavy atom. The van der Waals surface area contributed by atoms with Crippen LogP contribution in [0.2, 0.25) is 5.15 Å². The van der Waals surface area contributed by atoms with Crippen molar-refractivity contribution in [1.82, 2.24) is 45.6 Å². The Kier molecular flexibility index (Phi) is 36.2. The quantitative estimate of drug-likeness (QED) is 0.00784. The van der Waals surface area contributed by atoms with Crippen molar-refractivity contribution in [2.75, 3.05) is 154 Å². The summed E-state index contributed by atoms with van der Waals surface area (Å²) in [6, 6.07) is 38.1. The van der Waals surface area contributed by atoms with Crippen LogP contribution in [0.15, 0.2) is 164 Å². The number of pyridine rings is 3. The zero-order valence-corrected chi connectivity index (χ0v) is 66.3. The van der Waals surface area contributed by atoms with Crippen molar-refractivity contribution in [3.8, 4) is 34.5 Å². The summed E-state index contributed by atoms with van der Waals surface area (Å²) >= 11 is 5.67. The number of aromatic nitrogens is 3. The molecule has 0 radical (unpaired) electrons. The number of halogens is 10. The Bertz CT molecular complexity index is 4400. The second-order valence-corrected chi connectivity index (χ2v) is 24.8. The second kappa shape index (κ2) is 45.2. The van der Waals surface area contributed by atoms with Crippen molar-refractivity contribution < 1.29 is 82.3 Å². The summed E-state index contributed by atoms with van der Waals surface area (Å²) in [6.07, 6.45) is -11.8. The van der Waals surface area contributed by atoms with Crippen molar-refractivity contribution in [3.63, 3.8) is 0 Å². The first kappa shape index (κ1) is 92.1. The maximum Gasteiger partial charge on any atom is 0.419 e. The molecule has 3 aromatic heterocycles. The number of para-hydroxylation sites is 3. The molecular weight excluding hydrogens is 1530 g/mol. The Morgan fingerprint density at radius 2 is 0.722 bits per heavy atom. The molecule has 3 heterocycles. The molecule has 0 atom stereocenters. The van der Waals surface area contributed by atoms with E-state index in [1.54, 1.807) is 92.0 Å². The third-order valence-corrected chi connectivity index (χ3v) is 17.5. The van der Waals surface area contributed by atoms with Crippen LogP contribution >= 0.6 is 11.6 Å². The number of amides is 3. The van der Waals surface area contributed by atoms with Gasteiger partial charge >= 0.3 is 18.5 Å². The summed E-state index contributed by atoms with van der Waals surface area (Å²) in [4.78, 5) is 54.2. The van der Waals surface area contributed by atoms with E-state index < -0.39 is 52.9 Å². The highest BCUT2D eigenvalue weighted by Crippen LogP contribution is 2.42. The monoisotopic (exact) mass is 1630 g/mol. The average Bonchev–Trinajstić information content (AvgIpc) is 0.810. The van der Waals surface area contributed by atoms with Crippen molar-refractivity contribution in [2.24, 2.45) is 0 Å². The SMILES string of the molecule is CCN(CC)CCOc1ccc(Nc2cc(Nc3ccccc3C(=O)NC)c(C(F)(F)F)cn2)c(OC)c1.CCN(CC)CCOc1ccc(Nc2cc(Nc3ccccc3C(=O)NC)c(C(F)(F)F)cn2)c(OC)c1.CNC(=O)c1ccccc1Nc1cc(Cl)ncc1C(F)(F)F.[CH2+]CN(CC)CCOc1ccc(N)c(OC)c1. The zero-order valence-electron chi connectivity index (χ0n) is 65.5. The zero-order chi connectivity index (χ0) is 84.4. The number of nitrogens with two attached hydrogens (primary N) is 1. The van der Waals surface area contributed by atoms with Crippen molar-refractivity contribution in [3.05, 3.63) is 210 Å². The number of hydrogen-bond acceptors (Lipinski definition) is 21. The van der Waals surface area contributed by atoms with Gasteiger partial charge in [-0.3, -0.25) is 19.3 Å². The summed E-state index contributed by atoms with van der Waals surface area (Å²) < 4.78 is 155. The number of nitrogen functional groups attached to an aromatic ring is 1. The summed E-state index contributed by atoms with van der Waals surface area (Å²) in [6.45, 7) is 23.9. The van der Waals surface area contributed by atoms with Gasteiger partial charge in [0.1, 0.15) is 77.7 Å². The van der Waals surface area contributed by atoms with Crippen LogP contribution in [0.25, 0.3) is 0 Å². The number of hydrogen-bond donors (Lipinski definition) is 9. The fourth-order valence-corrected chi connectivity index (χ4v) is 11.0. The van der Waals surface area contributed by atoms with Gasteiger partial charge in [-0.15, -0.1) is 0 Å². The number of rotatable bonds is 34. The van der Waals surface area contributed by atoms with E-state index in [4.69, 9.17) is 45.8 Å². The summed E-state index contributed by atoms with van der Waals surface area (Å²) in [7, 11) is 8.90. The molecule has 0 unspecified atom stereocenters. The molecule has 10 N–H and O–H groups in total. The van der Waals surface area contributed by atoms with E-state index in [1.807, 2.05) is 6.07 Å². The molecular formula is C81H96ClF9N15O9+. The molecule has 34 heteroatoms. The van der Waals surface area contributed by atoms with Crippen LogP contribution in [0.5, 0.6) is 34.5 Å². The lowest BCUT2D eigenvalue weighted by Gasteiger charge is -2.19. The third-order valence-electron chi connectivity index (χ3n) is 17.3. The Labute approximate surface area is 667 Å². The van der Waals surface area contributed by atoms with Crippen molar-refractivity contribution in [2.45, 2.75) is 53.1 Å². The number of nitrogens with one attached hydrogen (secondary N) is 8. The van der Waals surface area contributed by atoms with Gasteiger partial charge in [0.05, 0.1) is 113 Å². The predicted octanol–water partition coefficient (Wildman–Crippen LogP) is 17.0. The highest BCUT2D eigenvalue weighted by molar-refractivity contribution is 6.29. The van der Waals surface area contributed by atoms with E-state index in [2.05, 4.69) is 114 Å². The van der Waals surface area contributed by atoms with Crippen LogP contribution in [0.3, 0.4) is 0 Å². The molecule has 9 aromatic rings. The van der Waals surface area contributed by atoms with Crippen LogP contribution in [-0.4, -0.2) is 169 Å². The van der Waals surface area contributed by atoms with Gasteiger partial charge in [0, 0.05) is 89.7 Å². The molecule has 0 fully saturated rings. The van der Waals surface area contributed by atoms with Gasteiger partial charge < -0.3 is 86.5 Å². The fraction of sp³-hybridized carbons (Fsp3) is 0.321. The van der Waals surface area contributed by atoms with Crippen molar-refractivity contribution in [1.29, 1.82) is 0 Å². The largest absolute Gasteiger partial charge is 0.494 e. The lowest BCUT2D eigenvalue weighted by Crippen LogP contribution is -2.28. The molecule has 0 aliphatic carbocycles. The minimum Gasteiger partial charge on any atom is -0.494 e. The second-order valence-electron chi connectivity index (χ2n) is 24.4. The molecule has 618 valence electrons. The van der Waals surface area contributed by atoms with Crippen LogP contribution in [0.4, 0.5) is 102 Å². The molecule has 0 aliphatic rings. The summed E-state index contributed by atoms with van der Waals surface area (Å²) in [5.74, 6) is 2.51. The van der Waals surface area contributed by atoms with Gasteiger partial charge in [0.2, 0.25) is 0 Å². The van der Waals surface area contributed by atoms with Crippen LogP contribution in [0.1, 0.15) is 82.4 Å². The molecule has 0 bridgehead atoms. The molecule has 115 heavy (non-hydrogen) atoms. The number of alkyl halides is 9. The number of likely N-dealkylation sites (N-methyl/N-ethyl adjacent to an activating group) is 3. The van der Waals surface area contributed by atoms with Crippen LogP contribution in [0, 0.1) is 6.92 Å². The lowest BCUT2D eigenvalue weighted by molar-refractivity contribution is -0.138.